The molecule has 2 aromatic rings. The Kier molecular flexibility index (Phi) is 5.02. The fourth-order valence-electron chi connectivity index (χ4n) is 3.10. The maximum Gasteiger partial charge on any atom is 0.107 e. The molecule has 0 aliphatic carbocycles. The molecule has 5 heteroatoms. The van der Waals surface area contributed by atoms with Gasteiger partial charge in [-0.2, -0.15) is 0 Å². The number of likely N-dealkylation sites (tertiary alicyclic amines) is 1. The lowest BCUT2D eigenvalue weighted by Crippen LogP contribution is -2.22. The molecule has 1 aromatic carbocycles. The lowest BCUT2D eigenvalue weighted by atomic mass is 9.89. The van der Waals surface area contributed by atoms with Gasteiger partial charge in [-0.05, 0) is 40.0 Å². The maximum absolute atomic E-state index is 6.13. The standard InChI is InChI=1S/C16H18BrClN2S/c17-15-6-13(21-16(15)18)9-20-8-12(7-19)14(10-20)11-4-2-1-3-5-11/h1-6,12,14H,7-10,19H2/t12-,14+/m1/s1. The minimum absolute atomic E-state index is 0.534. The summed E-state index contributed by atoms with van der Waals surface area (Å²) < 4.78 is 1.83. The zero-order valence-corrected chi connectivity index (χ0v) is 14.8. The predicted octanol–water partition coefficient (Wildman–Crippen LogP) is 4.34. The van der Waals surface area contributed by atoms with Crippen LogP contribution in [0.1, 0.15) is 16.4 Å². The van der Waals surface area contributed by atoms with Crippen LogP contribution in [-0.4, -0.2) is 24.5 Å². The number of halogens is 2. The first kappa shape index (κ1) is 15.5. The highest BCUT2D eigenvalue weighted by Gasteiger charge is 2.32. The van der Waals surface area contributed by atoms with Gasteiger partial charge in [0.1, 0.15) is 4.34 Å². The van der Waals surface area contributed by atoms with Gasteiger partial charge in [-0.25, -0.2) is 0 Å². The Morgan fingerprint density at radius 1 is 1.29 bits per heavy atom. The highest BCUT2D eigenvalue weighted by atomic mass is 79.9. The molecule has 0 bridgehead atoms. The SMILES string of the molecule is NC[C@@H]1CN(Cc2cc(Br)c(Cl)s2)C[C@H]1c1ccccc1. The van der Waals surface area contributed by atoms with Crippen molar-refractivity contribution in [2.24, 2.45) is 11.7 Å². The fraction of sp³-hybridized carbons (Fsp3) is 0.375. The molecule has 2 N–H and O–H groups in total. The minimum Gasteiger partial charge on any atom is -0.330 e. The smallest absolute Gasteiger partial charge is 0.107 e. The Bertz CT molecular complexity index is 582. The van der Waals surface area contributed by atoms with Crippen LogP contribution in [0.3, 0.4) is 0 Å². The van der Waals surface area contributed by atoms with Crippen LogP contribution in [0.25, 0.3) is 0 Å². The molecule has 1 aromatic heterocycles. The van der Waals surface area contributed by atoms with E-state index in [1.165, 1.54) is 10.4 Å². The van der Waals surface area contributed by atoms with Gasteiger partial charge in [-0.3, -0.25) is 4.90 Å². The molecule has 2 heterocycles. The first-order valence-corrected chi connectivity index (χ1v) is 9.07. The molecule has 1 fully saturated rings. The van der Waals surface area contributed by atoms with Crippen molar-refractivity contribution >= 4 is 38.9 Å². The Hall–Kier alpha value is -0.390. The average Bonchev–Trinajstić information content (AvgIpc) is 3.04. The van der Waals surface area contributed by atoms with Crippen LogP contribution in [0.4, 0.5) is 0 Å². The van der Waals surface area contributed by atoms with Crippen molar-refractivity contribution in [3.8, 4) is 0 Å². The zero-order valence-electron chi connectivity index (χ0n) is 11.6. The molecular formula is C16H18BrClN2S. The van der Waals surface area contributed by atoms with E-state index in [-0.39, 0.29) is 0 Å². The summed E-state index contributed by atoms with van der Waals surface area (Å²) in [6.07, 6.45) is 0. The zero-order chi connectivity index (χ0) is 14.8. The van der Waals surface area contributed by atoms with Crippen molar-refractivity contribution in [3.05, 3.63) is 55.6 Å². The lowest BCUT2D eigenvalue weighted by Gasteiger charge is -2.16. The normalized spacial score (nSPS) is 22.8. The minimum atomic E-state index is 0.534. The Morgan fingerprint density at radius 2 is 2.05 bits per heavy atom. The van der Waals surface area contributed by atoms with Gasteiger partial charge in [0.15, 0.2) is 0 Å². The highest BCUT2D eigenvalue weighted by Crippen LogP contribution is 2.36. The quantitative estimate of drug-likeness (QED) is 0.848. The van der Waals surface area contributed by atoms with Gasteiger partial charge < -0.3 is 5.73 Å². The first-order chi connectivity index (χ1) is 10.2. The van der Waals surface area contributed by atoms with Crippen molar-refractivity contribution in [1.82, 2.24) is 4.90 Å². The third-order valence-corrected chi connectivity index (χ3v) is 6.58. The Morgan fingerprint density at radius 3 is 2.67 bits per heavy atom. The van der Waals surface area contributed by atoms with Crippen LogP contribution in [0.15, 0.2) is 40.9 Å². The molecule has 1 aliphatic rings. The number of hydrogen-bond acceptors (Lipinski definition) is 3. The second-order valence-electron chi connectivity index (χ2n) is 5.54. The summed E-state index contributed by atoms with van der Waals surface area (Å²) in [5, 5.41) is 0. The summed E-state index contributed by atoms with van der Waals surface area (Å²) in [7, 11) is 0. The molecule has 1 saturated heterocycles. The summed E-state index contributed by atoms with van der Waals surface area (Å²) in [4.78, 5) is 3.79. The van der Waals surface area contributed by atoms with Crippen LogP contribution in [0.5, 0.6) is 0 Å². The van der Waals surface area contributed by atoms with Crippen LogP contribution >= 0.6 is 38.9 Å². The van der Waals surface area contributed by atoms with E-state index in [2.05, 4.69) is 57.2 Å². The molecule has 0 radical (unpaired) electrons. The molecule has 1 aliphatic heterocycles. The largest absolute Gasteiger partial charge is 0.330 e. The van der Waals surface area contributed by atoms with Crippen LogP contribution < -0.4 is 5.73 Å². The Balaban J connectivity index is 1.72. The van der Waals surface area contributed by atoms with Crippen molar-refractivity contribution < 1.29 is 0 Å². The van der Waals surface area contributed by atoms with E-state index in [9.17, 15) is 0 Å². The third-order valence-electron chi connectivity index (χ3n) is 4.12. The predicted molar refractivity (Wildman–Crippen MR) is 94.0 cm³/mol. The molecule has 21 heavy (non-hydrogen) atoms. The van der Waals surface area contributed by atoms with Gasteiger partial charge in [-0.15, -0.1) is 11.3 Å². The third kappa shape index (κ3) is 3.51. The van der Waals surface area contributed by atoms with Crippen LogP contribution in [0, 0.1) is 5.92 Å². The van der Waals surface area contributed by atoms with Gasteiger partial charge >= 0.3 is 0 Å². The molecule has 2 nitrogen and oxygen atoms in total. The molecule has 0 unspecified atom stereocenters. The lowest BCUT2D eigenvalue weighted by molar-refractivity contribution is 0.319. The van der Waals surface area contributed by atoms with E-state index in [4.69, 9.17) is 17.3 Å². The summed E-state index contributed by atoms with van der Waals surface area (Å²) in [6, 6.07) is 12.9. The van der Waals surface area contributed by atoms with Gasteiger partial charge in [0, 0.05) is 34.9 Å². The van der Waals surface area contributed by atoms with E-state index in [0.717, 1.165) is 35.0 Å². The number of nitrogens with zero attached hydrogens (tertiary/aromatic N) is 1. The van der Waals surface area contributed by atoms with Crippen molar-refractivity contribution in [2.45, 2.75) is 12.5 Å². The van der Waals surface area contributed by atoms with Gasteiger partial charge in [0.2, 0.25) is 0 Å². The summed E-state index contributed by atoms with van der Waals surface area (Å²) in [5.74, 6) is 1.07. The monoisotopic (exact) mass is 384 g/mol. The second kappa shape index (κ2) is 6.80. The topological polar surface area (TPSA) is 29.3 Å². The van der Waals surface area contributed by atoms with E-state index < -0.39 is 0 Å². The summed E-state index contributed by atoms with van der Waals surface area (Å²) in [6.45, 7) is 3.82. The van der Waals surface area contributed by atoms with Gasteiger partial charge in [-0.1, -0.05) is 41.9 Å². The molecular weight excluding hydrogens is 368 g/mol. The average molecular weight is 386 g/mol. The fourth-order valence-corrected chi connectivity index (χ4v) is 4.93. The van der Waals surface area contributed by atoms with Gasteiger partial charge in [0.25, 0.3) is 0 Å². The van der Waals surface area contributed by atoms with E-state index in [1.807, 2.05) is 0 Å². The number of hydrogen-bond donors (Lipinski definition) is 1. The van der Waals surface area contributed by atoms with Crippen LogP contribution in [-0.2, 0) is 6.54 Å². The number of thiophene rings is 1. The number of rotatable bonds is 4. The van der Waals surface area contributed by atoms with Crippen molar-refractivity contribution in [2.75, 3.05) is 19.6 Å². The second-order valence-corrected chi connectivity index (χ2v) is 8.13. The Labute approximate surface area is 143 Å². The molecule has 112 valence electrons. The van der Waals surface area contributed by atoms with Crippen LogP contribution in [0.2, 0.25) is 4.34 Å². The number of benzene rings is 1. The summed E-state index contributed by atoms with van der Waals surface area (Å²) in [5.41, 5.74) is 7.40. The highest BCUT2D eigenvalue weighted by molar-refractivity contribution is 9.10. The molecule has 3 rings (SSSR count). The molecule has 0 spiro atoms. The van der Waals surface area contributed by atoms with E-state index in [1.54, 1.807) is 11.3 Å². The van der Waals surface area contributed by atoms with E-state index >= 15 is 0 Å². The molecule has 0 saturated carbocycles. The van der Waals surface area contributed by atoms with Gasteiger partial charge in [0.05, 0.1) is 0 Å². The van der Waals surface area contributed by atoms with E-state index in [0.29, 0.717) is 11.8 Å². The summed E-state index contributed by atoms with van der Waals surface area (Å²) >= 11 is 11.3. The molecule has 2 atom stereocenters. The van der Waals surface area contributed by atoms with Crippen molar-refractivity contribution in [3.63, 3.8) is 0 Å². The maximum atomic E-state index is 6.13. The van der Waals surface area contributed by atoms with Crippen molar-refractivity contribution in [1.29, 1.82) is 0 Å². The number of nitrogens with two attached hydrogens (primary N) is 1. The first-order valence-electron chi connectivity index (χ1n) is 7.08. The molecule has 0 amide bonds.